The molecule has 1 amide bonds. The van der Waals surface area contributed by atoms with Crippen molar-refractivity contribution >= 4 is 33.5 Å². The van der Waals surface area contributed by atoms with Crippen molar-refractivity contribution in [2.24, 2.45) is 29.1 Å². The molecule has 0 aromatic carbocycles. The second kappa shape index (κ2) is 9.12. The molecule has 186 valence electrons. The second-order valence-electron chi connectivity index (χ2n) is 10.7. The van der Waals surface area contributed by atoms with E-state index in [-0.39, 0.29) is 54.1 Å². The van der Waals surface area contributed by atoms with Gasteiger partial charge in [0.1, 0.15) is 4.60 Å². The molecule has 1 aromatic rings. The molecule has 4 aliphatic rings. The lowest BCUT2D eigenvalue weighted by Crippen LogP contribution is -2.39. The molecular weight excluding hydrogens is 508 g/mol. The van der Waals surface area contributed by atoms with Gasteiger partial charge in [-0.2, -0.15) is 0 Å². The van der Waals surface area contributed by atoms with Crippen molar-refractivity contribution in [3.63, 3.8) is 0 Å². The number of hydrogen-bond acceptors (Lipinski definition) is 5. The molecule has 1 N–H and O–H groups in total. The van der Waals surface area contributed by atoms with E-state index in [1.807, 2.05) is 6.92 Å². The van der Waals surface area contributed by atoms with Crippen LogP contribution in [0.3, 0.4) is 0 Å². The number of halogens is 3. The van der Waals surface area contributed by atoms with E-state index in [2.05, 4.69) is 26.2 Å². The van der Waals surface area contributed by atoms with Crippen LogP contribution < -0.4 is 5.32 Å². The van der Waals surface area contributed by atoms with Crippen molar-refractivity contribution in [1.29, 1.82) is 0 Å². The number of nitrogens with zero attached hydrogens (tertiary/aromatic N) is 2. The van der Waals surface area contributed by atoms with E-state index < -0.39 is 11.8 Å². The Hall–Kier alpha value is -1.61. The van der Waals surface area contributed by atoms with Crippen LogP contribution in [0.2, 0.25) is 0 Å². The molecule has 6 nitrogen and oxygen atoms in total. The molecule has 1 aliphatic heterocycles. The SMILES string of the molecule is CC(CCCN1CCC(F)(F)C1)OC(=O)[C@H]1[C@H](C(=O)Nc2ccc(Br)nc2)[C@@H]2CC[C@H]1C21CC1. The van der Waals surface area contributed by atoms with E-state index in [4.69, 9.17) is 4.74 Å². The Kier molecular flexibility index (Phi) is 6.46. The van der Waals surface area contributed by atoms with Gasteiger partial charge in [0.15, 0.2) is 0 Å². The van der Waals surface area contributed by atoms with E-state index >= 15 is 0 Å². The second-order valence-corrected chi connectivity index (χ2v) is 11.5. The molecule has 2 heterocycles. The lowest BCUT2D eigenvalue weighted by molar-refractivity contribution is -0.159. The number of pyridine rings is 1. The summed E-state index contributed by atoms with van der Waals surface area (Å²) in [6.07, 6.45) is 6.69. The first-order valence-electron chi connectivity index (χ1n) is 12.4. The summed E-state index contributed by atoms with van der Waals surface area (Å²) < 4.78 is 33.3. The Morgan fingerprint density at radius 2 is 1.97 bits per heavy atom. The number of anilines is 1. The zero-order valence-corrected chi connectivity index (χ0v) is 21.0. The Balaban J connectivity index is 1.19. The average Bonchev–Trinajstić information content (AvgIpc) is 3.32. The summed E-state index contributed by atoms with van der Waals surface area (Å²) in [7, 11) is 0. The molecule has 3 saturated carbocycles. The van der Waals surface area contributed by atoms with Gasteiger partial charge in [0.05, 0.1) is 36.4 Å². The lowest BCUT2D eigenvalue weighted by atomic mass is 9.78. The van der Waals surface area contributed by atoms with E-state index in [9.17, 15) is 18.4 Å². The van der Waals surface area contributed by atoms with Crippen LogP contribution in [0.15, 0.2) is 22.9 Å². The normalized spacial score (nSPS) is 31.5. The number of esters is 1. The molecule has 0 radical (unpaired) electrons. The zero-order valence-electron chi connectivity index (χ0n) is 19.4. The summed E-state index contributed by atoms with van der Waals surface area (Å²) in [6.45, 7) is 2.68. The first-order chi connectivity index (χ1) is 16.2. The number of hydrogen-bond donors (Lipinski definition) is 1. The number of ether oxygens (including phenoxy) is 1. The minimum Gasteiger partial charge on any atom is -0.462 e. The predicted molar refractivity (Wildman–Crippen MR) is 126 cm³/mol. The minimum absolute atomic E-state index is 0.0801. The van der Waals surface area contributed by atoms with Gasteiger partial charge in [0, 0.05) is 13.0 Å². The summed E-state index contributed by atoms with van der Waals surface area (Å²) in [4.78, 5) is 32.6. The molecule has 1 spiro atoms. The van der Waals surface area contributed by atoms with Crippen molar-refractivity contribution in [3.8, 4) is 0 Å². The molecule has 4 fully saturated rings. The summed E-state index contributed by atoms with van der Waals surface area (Å²) in [5, 5.41) is 2.97. The van der Waals surface area contributed by atoms with Crippen LogP contribution >= 0.6 is 15.9 Å². The molecule has 1 saturated heterocycles. The van der Waals surface area contributed by atoms with Crippen LogP contribution in [0.25, 0.3) is 0 Å². The maximum absolute atomic E-state index is 13.4. The third-order valence-electron chi connectivity index (χ3n) is 8.57. The maximum Gasteiger partial charge on any atom is 0.310 e. The lowest BCUT2D eigenvalue weighted by Gasteiger charge is -2.29. The van der Waals surface area contributed by atoms with Crippen molar-refractivity contribution in [3.05, 3.63) is 22.9 Å². The quantitative estimate of drug-likeness (QED) is 0.376. The van der Waals surface area contributed by atoms with Crippen LogP contribution in [0.4, 0.5) is 14.5 Å². The van der Waals surface area contributed by atoms with Crippen LogP contribution in [-0.2, 0) is 14.3 Å². The van der Waals surface area contributed by atoms with Gasteiger partial charge in [0.2, 0.25) is 5.91 Å². The molecule has 1 aromatic heterocycles. The van der Waals surface area contributed by atoms with Gasteiger partial charge in [0.25, 0.3) is 5.92 Å². The van der Waals surface area contributed by atoms with Gasteiger partial charge in [-0.1, -0.05) is 0 Å². The highest BCUT2D eigenvalue weighted by molar-refractivity contribution is 9.10. The van der Waals surface area contributed by atoms with Crippen molar-refractivity contribution < 1.29 is 23.1 Å². The number of carbonyl (C=O) groups excluding carboxylic acids is 2. The number of carbonyl (C=O) groups is 2. The van der Waals surface area contributed by atoms with E-state index in [0.717, 1.165) is 25.7 Å². The van der Waals surface area contributed by atoms with E-state index in [1.54, 1.807) is 23.2 Å². The highest BCUT2D eigenvalue weighted by atomic mass is 79.9. The number of amides is 1. The molecule has 2 bridgehead atoms. The van der Waals surface area contributed by atoms with Crippen molar-refractivity contribution in [2.75, 3.05) is 25.0 Å². The number of aromatic nitrogens is 1. The fourth-order valence-corrected chi connectivity index (χ4v) is 7.17. The molecular formula is C25H32BrF2N3O3. The zero-order chi connectivity index (χ0) is 24.1. The van der Waals surface area contributed by atoms with Gasteiger partial charge in [-0.05, 0) is 97.3 Å². The summed E-state index contributed by atoms with van der Waals surface area (Å²) in [6, 6.07) is 3.57. The van der Waals surface area contributed by atoms with Crippen LogP contribution in [0, 0.1) is 29.1 Å². The molecule has 1 unspecified atom stereocenters. The highest BCUT2D eigenvalue weighted by Gasteiger charge is 2.72. The Morgan fingerprint density at radius 1 is 1.24 bits per heavy atom. The third-order valence-corrected chi connectivity index (χ3v) is 9.04. The summed E-state index contributed by atoms with van der Waals surface area (Å²) in [5.74, 6) is -3.32. The minimum atomic E-state index is -2.58. The van der Waals surface area contributed by atoms with Gasteiger partial charge < -0.3 is 10.1 Å². The monoisotopic (exact) mass is 539 g/mol. The Morgan fingerprint density at radius 3 is 2.59 bits per heavy atom. The number of nitrogens with one attached hydrogen (secondary N) is 1. The standard InChI is InChI=1S/C25H32BrF2N3O3/c1-15(3-2-11-31-12-10-25(27,28)14-31)34-23(33)21-18-6-5-17(24(18)8-9-24)20(21)22(32)30-16-4-7-19(26)29-13-16/h4,7,13,15,17-18,20-21H,2-3,5-6,8-12,14H2,1H3,(H,30,32)/t15?,17-,18+,20+,21+/m0/s1. The first-order valence-corrected chi connectivity index (χ1v) is 13.2. The summed E-state index contributed by atoms with van der Waals surface area (Å²) >= 11 is 3.30. The fraction of sp³-hybridized carbons (Fsp3) is 0.720. The highest BCUT2D eigenvalue weighted by Crippen LogP contribution is 2.74. The topological polar surface area (TPSA) is 71.5 Å². The maximum atomic E-state index is 13.4. The van der Waals surface area contributed by atoms with Crippen LogP contribution in [0.5, 0.6) is 0 Å². The molecule has 5 rings (SSSR count). The fourth-order valence-electron chi connectivity index (χ4n) is 6.94. The smallest absolute Gasteiger partial charge is 0.310 e. The van der Waals surface area contributed by atoms with Gasteiger partial charge in [-0.15, -0.1) is 0 Å². The Labute approximate surface area is 207 Å². The molecule has 34 heavy (non-hydrogen) atoms. The number of alkyl halides is 2. The molecule has 5 atom stereocenters. The molecule has 9 heteroatoms. The Bertz CT molecular complexity index is 940. The largest absolute Gasteiger partial charge is 0.462 e. The van der Waals surface area contributed by atoms with Crippen molar-refractivity contribution in [2.45, 2.75) is 63.9 Å². The molecule has 3 aliphatic carbocycles. The van der Waals surface area contributed by atoms with Crippen LogP contribution in [0.1, 0.15) is 51.9 Å². The van der Waals surface area contributed by atoms with Crippen LogP contribution in [-0.4, -0.2) is 53.4 Å². The van der Waals surface area contributed by atoms with Crippen molar-refractivity contribution in [1.82, 2.24) is 9.88 Å². The van der Waals surface area contributed by atoms with E-state index in [1.165, 1.54) is 0 Å². The summed E-state index contributed by atoms with van der Waals surface area (Å²) in [5.41, 5.74) is 0.752. The first kappa shape index (κ1) is 24.1. The van der Waals surface area contributed by atoms with Gasteiger partial charge >= 0.3 is 5.97 Å². The third kappa shape index (κ3) is 4.62. The van der Waals surface area contributed by atoms with Gasteiger partial charge in [-0.25, -0.2) is 13.8 Å². The number of likely N-dealkylation sites (tertiary alicyclic amines) is 1. The average molecular weight is 540 g/mol. The van der Waals surface area contributed by atoms with Gasteiger partial charge in [-0.3, -0.25) is 14.5 Å². The van der Waals surface area contributed by atoms with E-state index in [0.29, 0.717) is 36.2 Å². The predicted octanol–water partition coefficient (Wildman–Crippen LogP) is 4.89. The number of rotatable bonds is 8.